The summed E-state index contributed by atoms with van der Waals surface area (Å²) in [5, 5.41) is 9.93. The van der Waals surface area contributed by atoms with Gasteiger partial charge < -0.3 is 15.8 Å². The van der Waals surface area contributed by atoms with E-state index in [9.17, 15) is 4.79 Å². The normalized spacial score (nSPS) is 11.7. The smallest absolute Gasteiger partial charge is 0.251 e. The summed E-state index contributed by atoms with van der Waals surface area (Å²) in [5.74, 6) is 0.469. The van der Waals surface area contributed by atoms with Crippen LogP contribution < -0.4 is 15.8 Å². The molecule has 1 aromatic carbocycles. The van der Waals surface area contributed by atoms with Gasteiger partial charge in [-0.1, -0.05) is 32.6 Å². The molecule has 0 fully saturated rings. The number of ether oxygens (including phenoxy) is 1. The molecule has 0 aliphatic carbocycles. The minimum Gasteiger partial charge on any atom is -0.494 e. The zero-order valence-electron chi connectivity index (χ0n) is 13.5. The number of unbranched alkanes of at least 4 members (excludes halogenated alkanes) is 4. The largest absolute Gasteiger partial charge is 0.494 e. The second-order valence-corrected chi connectivity index (χ2v) is 5.44. The molecule has 0 heterocycles. The van der Waals surface area contributed by atoms with Crippen LogP contribution in [-0.2, 0) is 0 Å². The number of nitrogens with one attached hydrogen (secondary N) is 2. The van der Waals surface area contributed by atoms with Crippen LogP contribution in [0.5, 0.6) is 5.75 Å². The molecule has 0 radical (unpaired) electrons. The van der Waals surface area contributed by atoms with Gasteiger partial charge in [0.15, 0.2) is 0 Å². The molecule has 1 amide bonds. The van der Waals surface area contributed by atoms with Gasteiger partial charge in [0.05, 0.1) is 12.6 Å². The van der Waals surface area contributed by atoms with Crippen molar-refractivity contribution in [3.05, 3.63) is 29.8 Å². The van der Waals surface area contributed by atoms with Crippen LogP contribution in [0.1, 0.15) is 56.3 Å². The molecule has 5 nitrogen and oxygen atoms in total. The quantitative estimate of drug-likeness (QED) is 0.352. The summed E-state index contributed by atoms with van der Waals surface area (Å²) in [4.78, 5) is 11.9. The van der Waals surface area contributed by atoms with E-state index in [1.807, 2.05) is 0 Å². The molecule has 0 aromatic heterocycles. The van der Waals surface area contributed by atoms with Crippen LogP contribution in [0.15, 0.2) is 24.3 Å². The summed E-state index contributed by atoms with van der Waals surface area (Å²) >= 11 is 0. The fourth-order valence-corrected chi connectivity index (χ4v) is 1.96. The summed E-state index contributed by atoms with van der Waals surface area (Å²) in [6.07, 6.45) is 6.03. The molecule has 5 heteroatoms. The Bertz CT molecular complexity index is 471. The number of carbonyl (C=O) groups is 1. The van der Waals surface area contributed by atoms with Crippen LogP contribution in [0, 0.1) is 5.41 Å². The number of amides is 1. The Morgan fingerprint density at radius 3 is 2.45 bits per heavy atom. The van der Waals surface area contributed by atoms with Gasteiger partial charge in [-0.25, -0.2) is 0 Å². The fourth-order valence-electron chi connectivity index (χ4n) is 1.96. The number of nitrogens with two attached hydrogens (primary N) is 1. The third kappa shape index (κ3) is 6.61. The van der Waals surface area contributed by atoms with Gasteiger partial charge in [-0.2, -0.15) is 0 Å². The van der Waals surface area contributed by atoms with Gasteiger partial charge in [0.2, 0.25) is 0 Å². The molecular weight excluding hydrogens is 278 g/mol. The van der Waals surface area contributed by atoms with Crippen molar-refractivity contribution in [2.24, 2.45) is 5.73 Å². The number of carbonyl (C=O) groups excluding carboxylic acids is 1. The third-order valence-electron chi connectivity index (χ3n) is 3.45. The lowest BCUT2D eigenvalue weighted by Gasteiger charge is -2.12. The molecule has 0 spiro atoms. The Hall–Kier alpha value is -2.04. The molecule has 1 unspecified atom stereocenters. The molecule has 1 rings (SSSR count). The van der Waals surface area contributed by atoms with Crippen molar-refractivity contribution >= 4 is 11.7 Å². The van der Waals surface area contributed by atoms with E-state index >= 15 is 0 Å². The lowest BCUT2D eigenvalue weighted by atomic mass is 10.1. The van der Waals surface area contributed by atoms with E-state index in [-0.39, 0.29) is 11.7 Å². The van der Waals surface area contributed by atoms with Crippen molar-refractivity contribution in [1.82, 2.24) is 5.32 Å². The lowest BCUT2D eigenvalue weighted by Crippen LogP contribution is -2.41. The highest BCUT2D eigenvalue weighted by atomic mass is 16.5. The summed E-state index contributed by atoms with van der Waals surface area (Å²) < 4.78 is 5.65. The fraction of sp³-hybridized carbons (Fsp3) is 0.529. The van der Waals surface area contributed by atoms with E-state index in [1.54, 1.807) is 31.2 Å². The molecule has 0 aliphatic rings. The third-order valence-corrected chi connectivity index (χ3v) is 3.45. The lowest BCUT2D eigenvalue weighted by molar-refractivity contribution is 0.0949. The second-order valence-electron chi connectivity index (χ2n) is 5.44. The minimum absolute atomic E-state index is 0.0589. The van der Waals surface area contributed by atoms with Gasteiger partial charge in [-0.15, -0.1) is 0 Å². The molecule has 1 atom stereocenters. The van der Waals surface area contributed by atoms with Crippen molar-refractivity contribution in [3.63, 3.8) is 0 Å². The first kappa shape index (κ1) is 18.0. The van der Waals surface area contributed by atoms with E-state index in [0.29, 0.717) is 12.2 Å². The average molecular weight is 305 g/mol. The SMILES string of the molecule is CCCCCCCOc1ccc(C(=O)NC(C)C(=N)N)cc1. The Labute approximate surface area is 132 Å². The number of amidine groups is 1. The first-order valence-corrected chi connectivity index (χ1v) is 7.92. The second kappa shape index (κ2) is 9.82. The van der Waals surface area contributed by atoms with E-state index in [1.165, 1.54) is 25.7 Å². The first-order valence-electron chi connectivity index (χ1n) is 7.92. The van der Waals surface area contributed by atoms with Crippen LogP contribution in [-0.4, -0.2) is 24.4 Å². The number of hydrogen-bond acceptors (Lipinski definition) is 3. The predicted octanol–water partition coefficient (Wildman–Crippen LogP) is 3.09. The van der Waals surface area contributed by atoms with E-state index in [0.717, 1.165) is 12.2 Å². The summed E-state index contributed by atoms with van der Waals surface area (Å²) in [6, 6.07) is 6.55. The number of hydrogen-bond donors (Lipinski definition) is 3. The zero-order chi connectivity index (χ0) is 16.4. The Balaban J connectivity index is 2.36. The molecule has 22 heavy (non-hydrogen) atoms. The molecule has 0 bridgehead atoms. The van der Waals surface area contributed by atoms with E-state index in [4.69, 9.17) is 15.9 Å². The molecule has 0 saturated heterocycles. The van der Waals surface area contributed by atoms with Gasteiger partial charge in [0, 0.05) is 5.56 Å². The van der Waals surface area contributed by atoms with Gasteiger partial charge in [0.1, 0.15) is 11.6 Å². The molecule has 1 aromatic rings. The van der Waals surface area contributed by atoms with Gasteiger partial charge >= 0.3 is 0 Å². The minimum atomic E-state index is -0.466. The highest BCUT2D eigenvalue weighted by molar-refractivity contribution is 5.97. The Morgan fingerprint density at radius 1 is 1.23 bits per heavy atom. The van der Waals surface area contributed by atoms with Crippen LogP contribution in [0.2, 0.25) is 0 Å². The van der Waals surface area contributed by atoms with Crippen molar-refractivity contribution < 1.29 is 9.53 Å². The zero-order valence-corrected chi connectivity index (χ0v) is 13.5. The highest BCUT2D eigenvalue weighted by Crippen LogP contribution is 2.13. The summed E-state index contributed by atoms with van der Waals surface area (Å²) in [6.45, 7) is 4.58. The Morgan fingerprint density at radius 2 is 1.86 bits per heavy atom. The predicted molar refractivity (Wildman–Crippen MR) is 89.5 cm³/mol. The van der Waals surface area contributed by atoms with Crippen molar-refractivity contribution in [2.45, 2.75) is 52.0 Å². The maximum atomic E-state index is 11.9. The summed E-state index contributed by atoms with van der Waals surface area (Å²) in [5.41, 5.74) is 5.86. The molecule has 0 saturated carbocycles. The van der Waals surface area contributed by atoms with Crippen LogP contribution in [0.3, 0.4) is 0 Å². The maximum Gasteiger partial charge on any atom is 0.251 e. The van der Waals surface area contributed by atoms with Crippen LogP contribution >= 0.6 is 0 Å². The van der Waals surface area contributed by atoms with Gasteiger partial charge in [-0.3, -0.25) is 10.2 Å². The van der Waals surface area contributed by atoms with E-state index < -0.39 is 6.04 Å². The topological polar surface area (TPSA) is 88.2 Å². The van der Waals surface area contributed by atoms with Crippen molar-refractivity contribution in [1.29, 1.82) is 5.41 Å². The maximum absolute atomic E-state index is 11.9. The Kier molecular flexibility index (Phi) is 8.04. The van der Waals surface area contributed by atoms with Gasteiger partial charge in [-0.05, 0) is 37.6 Å². The highest BCUT2D eigenvalue weighted by Gasteiger charge is 2.11. The summed E-state index contributed by atoms with van der Waals surface area (Å²) in [7, 11) is 0. The van der Waals surface area contributed by atoms with Crippen LogP contribution in [0.25, 0.3) is 0 Å². The molecular formula is C17H27N3O2. The first-order chi connectivity index (χ1) is 10.5. The van der Waals surface area contributed by atoms with Crippen LogP contribution in [0.4, 0.5) is 0 Å². The molecule has 122 valence electrons. The number of benzene rings is 1. The van der Waals surface area contributed by atoms with Crippen molar-refractivity contribution in [2.75, 3.05) is 6.61 Å². The van der Waals surface area contributed by atoms with Gasteiger partial charge in [0.25, 0.3) is 5.91 Å². The average Bonchev–Trinajstić information content (AvgIpc) is 2.51. The monoisotopic (exact) mass is 305 g/mol. The van der Waals surface area contributed by atoms with Crippen molar-refractivity contribution in [3.8, 4) is 5.75 Å². The standard InChI is InChI=1S/C17H27N3O2/c1-3-4-5-6-7-12-22-15-10-8-14(9-11-15)17(21)20-13(2)16(18)19/h8-11,13H,3-7,12H2,1-2H3,(H3,18,19)(H,20,21). The van der Waals surface area contributed by atoms with E-state index in [2.05, 4.69) is 12.2 Å². The molecule has 0 aliphatic heterocycles. The molecule has 4 N–H and O–H groups in total. The number of rotatable bonds is 10.